The molecule has 3 rings (SSSR count). The molecule has 0 bridgehead atoms. The fraction of sp³-hybridized carbons (Fsp3) is 0.857. The average molecular weight is 280 g/mol. The second-order valence-corrected chi connectivity index (χ2v) is 6.24. The lowest BCUT2D eigenvalue weighted by molar-refractivity contribution is -0.138. The van der Waals surface area contributed by atoms with Gasteiger partial charge in [-0.15, -0.1) is 0 Å². The highest BCUT2D eigenvalue weighted by molar-refractivity contribution is 5.81. The first-order valence-electron chi connectivity index (χ1n) is 7.61. The number of hydrogen-bond donors (Lipinski definition) is 1. The lowest BCUT2D eigenvalue weighted by atomic mass is 9.88. The van der Waals surface area contributed by atoms with Crippen LogP contribution in [-0.4, -0.2) is 85.9 Å². The second kappa shape index (κ2) is 5.69. The van der Waals surface area contributed by atoms with Crippen molar-refractivity contribution in [2.24, 2.45) is 11.8 Å². The molecule has 3 aliphatic heterocycles. The van der Waals surface area contributed by atoms with Crippen molar-refractivity contribution in [2.75, 3.05) is 59.4 Å². The Morgan fingerprint density at radius 2 is 2.00 bits per heavy atom. The van der Waals surface area contributed by atoms with Gasteiger partial charge in [0.2, 0.25) is 11.8 Å². The largest absolute Gasteiger partial charge is 0.345 e. The Hall–Kier alpha value is -1.14. The SMILES string of the molecule is CN1CC[C@@H]2CN(CC(=O)N3CCNCC3)C[C@@H]2C1=O. The normalized spacial score (nSPS) is 31.6. The smallest absolute Gasteiger partial charge is 0.236 e. The van der Waals surface area contributed by atoms with E-state index in [1.165, 1.54) is 0 Å². The van der Waals surface area contributed by atoms with Crippen molar-refractivity contribution < 1.29 is 9.59 Å². The fourth-order valence-electron chi connectivity index (χ4n) is 3.62. The van der Waals surface area contributed by atoms with Gasteiger partial charge in [-0.05, 0) is 12.3 Å². The van der Waals surface area contributed by atoms with Crippen LogP contribution in [0.3, 0.4) is 0 Å². The van der Waals surface area contributed by atoms with Crippen molar-refractivity contribution in [3.63, 3.8) is 0 Å². The lowest BCUT2D eigenvalue weighted by Crippen LogP contribution is -2.49. The molecule has 0 saturated carbocycles. The zero-order valence-electron chi connectivity index (χ0n) is 12.2. The van der Waals surface area contributed by atoms with Crippen molar-refractivity contribution in [2.45, 2.75) is 6.42 Å². The number of nitrogens with zero attached hydrogens (tertiary/aromatic N) is 3. The summed E-state index contributed by atoms with van der Waals surface area (Å²) in [6.07, 6.45) is 1.07. The highest BCUT2D eigenvalue weighted by Crippen LogP contribution is 2.31. The van der Waals surface area contributed by atoms with Crippen LogP contribution in [0.25, 0.3) is 0 Å². The maximum atomic E-state index is 12.3. The summed E-state index contributed by atoms with van der Waals surface area (Å²) < 4.78 is 0. The van der Waals surface area contributed by atoms with Gasteiger partial charge in [0.15, 0.2) is 0 Å². The van der Waals surface area contributed by atoms with E-state index in [1.807, 2.05) is 16.8 Å². The molecule has 3 aliphatic rings. The number of nitrogens with one attached hydrogen (secondary N) is 1. The second-order valence-electron chi connectivity index (χ2n) is 6.24. The van der Waals surface area contributed by atoms with Crippen LogP contribution < -0.4 is 5.32 Å². The van der Waals surface area contributed by atoms with E-state index in [9.17, 15) is 9.59 Å². The molecule has 0 aliphatic carbocycles. The Morgan fingerprint density at radius 3 is 2.75 bits per heavy atom. The van der Waals surface area contributed by atoms with Gasteiger partial charge in [-0.2, -0.15) is 0 Å². The zero-order valence-corrected chi connectivity index (χ0v) is 12.2. The van der Waals surface area contributed by atoms with Crippen molar-refractivity contribution in [3.05, 3.63) is 0 Å². The predicted octanol–water partition coefficient (Wildman–Crippen LogP) is -1.17. The summed E-state index contributed by atoms with van der Waals surface area (Å²) in [6.45, 7) is 6.39. The number of fused-ring (bicyclic) bond motifs is 1. The van der Waals surface area contributed by atoms with Gasteiger partial charge >= 0.3 is 0 Å². The predicted molar refractivity (Wildman–Crippen MR) is 75.1 cm³/mol. The molecule has 20 heavy (non-hydrogen) atoms. The number of likely N-dealkylation sites (tertiary alicyclic amines) is 2. The summed E-state index contributed by atoms with van der Waals surface area (Å²) in [5.41, 5.74) is 0. The van der Waals surface area contributed by atoms with Crippen LogP contribution in [0.1, 0.15) is 6.42 Å². The van der Waals surface area contributed by atoms with Crippen LogP contribution in [0.15, 0.2) is 0 Å². The summed E-state index contributed by atoms with van der Waals surface area (Å²) in [5.74, 6) is 1.04. The number of amides is 2. The summed E-state index contributed by atoms with van der Waals surface area (Å²) >= 11 is 0. The summed E-state index contributed by atoms with van der Waals surface area (Å²) in [6, 6.07) is 0. The molecule has 2 atom stereocenters. The van der Waals surface area contributed by atoms with Gasteiger partial charge in [0, 0.05) is 52.9 Å². The standard InChI is InChI=1S/C14H24N4O2/c1-16-5-2-11-8-17(9-12(11)14(16)20)10-13(19)18-6-3-15-4-7-18/h11-12,15H,2-10H2,1H3/t11-,12+/m1/s1. The van der Waals surface area contributed by atoms with Gasteiger partial charge in [0.05, 0.1) is 12.5 Å². The van der Waals surface area contributed by atoms with Gasteiger partial charge in [0.1, 0.15) is 0 Å². The van der Waals surface area contributed by atoms with E-state index in [4.69, 9.17) is 0 Å². The molecule has 3 heterocycles. The molecular weight excluding hydrogens is 256 g/mol. The Morgan fingerprint density at radius 1 is 1.25 bits per heavy atom. The monoisotopic (exact) mass is 280 g/mol. The molecule has 3 fully saturated rings. The molecular formula is C14H24N4O2. The molecule has 0 aromatic rings. The number of carbonyl (C=O) groups is 2. The maximum Gasteiger partial charge on any atom is 0.236 e. The van der Waals surface area contributed by atoms with E-state index in [0.717, 1.165) is 52.2 Å². The van der Waals surface area contributed by atoms with E-state index < -0.39 is 0 Å². The molecule has 3 saturated heterocycles. The Kier molecular flexibility index (Phi) is 3.94. The number of hydrogen-bond acceptors (Lipinski definition) is 4. The summed E-state index contributed by atoms with van der Waals surface area (Å²) in [7, 11) is 1.88. The Labute approximate surface area is 120 Å². The zero-order chi connectivity index (χ0) is 14.1. The molecule has 0 spiro atoms. The van der Waals surface area contributed by atoms with Crippen molar-refractivity contribution in [1.82, 2.24) is 20.0 Å². The minimum absolute atomic E-state index is 0.115. The minimum atomic E-state index is 0.115. The molecule has 2 amide bonds. The Balaban J connectivity index is 1.54. The van der Waals surface area contributed by atoms with Crippen molar-refractivity contribution in [1.29, 1.82) is 0 Å². The van der Waals surface area contributed by atoms with E-state index in [-0.39, 0.29) is 17.7 Å². The third kappa shape index (κ3) is 2.67. The fourth-order valence-corrected chi connectivity index (χ4v) is 3.62. The van der Waals surface area contributed by atoms with E-state index in [2.05, 4.69) is 10.2 Å². The third-order valence-electron chi connectivity index (χ3n) is 4.87. The topological polar surface area (TPSA) is 55.9 Å². The van der Waals surface area contributed by atoms with E-state index >= 15 is 0 Å². The van der Waals surface area contributed by atoms with E-state index in [0.29, 0.717) is 12.5 Å². The summed E-state index contributed by atoms with van der Waals surface area (Å²) in [4.78, 5) is 30.4. The molecule has 1 N–H and O–H groups in total. The van der Waals surface area contributed by atoms with Crippen molar-refractivity contribution in [3.8, 4) is 0 Å². The molecule has 0 aromatic heterocycles. The lowest BCUT2D eigenvalue weighted by Gasteiger charge is -2.30. The Bertz CT molecular complexity index is 395. The minimum Gasteiger partial charge on any atom is -0.345 e. The van der Waals surface area contributed by atoms with Crippen LogP contribution in [0.2, 0.25) is 0 Å². The van der Waals surface area contributed by atoms with Gasteiger partial charge in [-0.25, -0.2) is 0 Å². The van der Waals surface area contributed by atoms with Gasteiger partial charge in [0.25, 0.3) is 0 Å². The first-order chi connectivity index (χ1) is 9.65. The number of carbonyl (C=O) groups excluding carboxylic acids is 2. The highest BCUT2D eigenvalue weighted by Gasteiger charge is 2.42. The summed E-state index contributed by atoms with van der Waals surface area (Å²) in [5, 5.41) is 3.26. The van der Waals surface area contributed by atoms with Gasteiger partial charge in [-0.1, -0.05) is 0 Å². The quantitative estimate of drug-likeness (QED) is 0.692. The molecule has 0 radical (unpaired) electrons. The van der Waals surface area contributed by atoms with Gasteiger partial charge in [-0.3, -0.25) is 14.5 Å². The molecule has 6 nitrogen and oxygen atoms in total. The number of rotatable bonds is 2. The van der Waals surface area contributed by atoms with Crippen LogP contribution in [0, 0.1) is 11.8 Å². The van der Waals surface area contributed by atoms with Crippen LogP contribution in [0.5, 0.6) is 0 Å². The number of piperidine rings is 1. The molecule has 0 aromatic carbocycles. The third-order valence-corrected chi connectivity index (χ3v) is 4.87. The molecule has 0 unspecified atom stereocenters. The van der Waals surface area contributed by atoms with Crippen molar-refractivity contribution >= 4 is 11.8 Å². The molecule has 112 valence electrons. The van der Waals surface area contributed by atoms with Crippen LogP contribution in [0.4, 0.5) is 0 Å². The maximum absolute atomic E-state index is 12.3. The van der Waals surface area contributed by atoms with Gasteiger partial charge < -0.3 is 15.1 Å². The van der Waals surface area contributed by atoms with E-state index in [1.54, 1.807) is 0 Å². The molecule has 6 heteroatoms. The first-order valence-corrected chi connectivity index (χ1v) is 7.61. The number of piperazine rings is 1. The highest BCUT2D eigenvalue weighted by atomic mass is 16.2. The first kappa shape index (κ1) is 13.8. The van der Waals surface area contributed by atoms with Crippen LogP contribution >= 0.6 is 0 Å². The van der Waals surface area contributed by atoms with Crippen LogP contribution in [-0.2, 0) is 9.59 Å². The average Bonchev–Trinajstić information content (AvgIpc) is 2.87.